The number of carbonyl (C=O) groups is 1. The van der Waals surface area contributed by atoms with E-state index in [9.17, 15) is 4.79 Å². The Balaban J connectivity index is 1.46. The highest BCUT2D eigenvalue weighted by Crippen LogP contribution is 2.27. The van der Waals surface area contributed by atoms with Gasteiger partial charge in [-0.3, -0.25) is 9.78 Å². The number of para-hydroxylation sites is 1. The fourth-order valence-corrected chi connectivity index (χ4v) is 2.78. The molecule has 0 amide bonds. The fourth-order valence-electron chi connectivity index (χ4n) is 2.78. The Kier molecular flexibility index (Phi) is 4.48. The van der Waals surface area contributed by atoms with E-state index in [-0.39, 0.29) is 12.4 Å². The van der Waals surface area contributed by atoms with Crippen LogP contribution in [-0.4, -0.2) is 17.4 Å². The van der Waals surface area contributed by atoms with Gasteiger partial charge in [-0.05, 0) is 48.0 Å². The second kappa shape index (κ2) is 7.23. The molecule has 0 unspecified atom stereocenters. The number of hydrogen-bond donors (Lipinski definition) is 0. The molecule has 1 aliphatic heterocycles. The van der Waals surface area contributed by atoms with Crippen LogP contribution in [0, 0.1) is 0 Å². The smallest absolute Gasteiger partial charge is 0.196 e. The number of ketones is 1. The van der Waals surface area contributed by atoms with Crippen LogP contribution < -0.4 is 9.47 Å². The lowest BCUT2D eigenvalue weighted by Crippen LogP contribution is -2.18. The normalized spacial score (nSPS) is 14.6. The highest BCUT2D eigenvalue weighted by atomic mass is 16.5. The molecule has 1 aromatic heterocycles. The fraction of sp³-hybridized carbons (Fsp3) is 0.0909. The molecule has 0 saturated heterocycles. The van der Waals surface area contributed by atoms with E-state index in [0.29, 0.717) is 23.5 Å². The minimum Gasteiger partial charge on any atom is -0.488 e. The van der Waals surface area contributed by atoms with Gasteiger partial charge < -0.3 is 9.47 Å². The van der Waals surface area contributed by atoms with Crippen molar-refractivity contribution >= 4 is 11.9 Å². The van der Waals surface area contributed by atoms with Crippen LogP contribution in [0.3, 0.4) is 0 Å². The summed E-state index contributed by atoms with van der Waals surface area (Å²) < 4.78 is 11.4. The lowest BCUT2D eigenvalue weighted by atomic mass is 9.98. The predicted molar refractivity (Wildman–Crippen MR) is 99.3 cm³/mol. The van der Waals surface area contributed by atoms with Crippen molar-refractivity contribution in [3.8, 4) is 11.5 Å². The van der Waals surface area contributed by atoms with E-state index in [1.54, 1.807) is 12.3 Å². The van der Waals surface area contributed by atoms with Crippen molar-refractivity contribution in [1.82, 2.24) is 4.98 Å². The molecule has 0 fully saturated rings. The molecule has 0 spiro atoms. The lowest BCUT2D eigenvalue weighted by molar-refractivity contribution is 0.100. The summed E-state index contributed by atoms with van der Waals surface area (Å²) >= 11 is 0. The number of pyridine rings is 1. The molecule has 4 rings (SSSR count). The summed E-state index contributed by atoms with van der Waals surface area (Å²) in [5.74, 6) is 1.42. The molecule has 2 heterocycles. The minimum absolute atomic E-state index is 0.0160. The number of nitrogens with zero attached hydrogens (tertiary/aromatic N) is 1. The van der Waals surface area contributed by atoms with Crippen LogP contribution in [0.2, 0.25) is 0 Å². The van der Waals surface area contributed by atoms with Crippen LogP contribution in [0.25, 0.3) is 6.08 Å². The van der Waals surface area contributed by atoms with Crippen molar-refractivity contribution in [2.24, 2.45) is 0 Å². The molecule has 0 atom stereocenters. The summed E-state index contributed by atoms with van der Waals surface area (Å²) in [6.07, 6.45) is 3.61. The molecule has 2 aromatic carbocycles. The molecular weight excluding hydrogens is 326 g/mol. The van der Waals surface area contributed by atoms with Crippen molar-refractivity contribution in [3.05, 3.63) is 95.3 Å². The van der Waals surface area contributed by atoms with Crippen molar-refractivity contribution < 1.29 is 14.3 Å². The Labute approximate surface area is 151 Å². The van der Waals surface area contributed by atoms with Gasteiger partial charge in [0.05, 0.1) is 11.3 Å². The molecule has 4 heteroatoms. The molecule has 0 saturated carbocycles. The zero-order valence-electron chi connectivity index (χ0n) is 14.1. The Morgan fingerprint density at radius 1 is 1.00 bits per heavy atom. The van der Waals surface area contributed by atoms with Crippen LogP contribution in [0.5, 0.6) is 11.5 Å². The number of benzene rings is 2. The molecule has 128 valence electrons. The molecule has 4 nitrogen and oxygen atoms in total. The van der Waals surface area contributed by atoms with Crippen LogP contribution >= 0.6 is 0 Å². The van der Waals surface area contributed by atoms with Crippen LogP contribution in [0.1, 0.15) is 21.6 Å². The van der Waals surface area contributed by atoms with E-state index in [4.69, 9.17) is 9.47 Å². The SMILES string of the molecule is O=C1/C(=C/c2ccc(OCc3ccccn3)cc2)COc2ccccc21. The Hall–Kier alpha value is -3.40. The van der Waals surface area contributed by atoms with Gasteiger partial charge in [-0.2, -0.15) is 0 Å². The second-order valence-electron chi connectivity index (χ2n) is 5.96. The maximum atomic E-state index is 12.6. The summed E-state index contributed by atoms with van der Waals surface area (Å²) in [5.41, 5.74) is 3.06. The number of rotatable bonds is 4. The zero-order valence-corrected chi connectivity index (χ0v) is 14.1. The first kappa shape index (κ1) is 16.1. The van der Waals surface area contributed by atoms with Gasteiger partial charge in [-0.15, -0.1) is 0 Å². The number of Topliss-reactive ketones (excluding diaryl/α,β-unsaturated/α-hetero) is 1. The van der Waals surface area contributed by atoms with Gasteiger partial charge in [0, 0.05) is 11.8 Å². The van der Waals surface area contributed by atoms with E-state index in [1.807, 2.05) is 66.7 Å². The molecule has 26 heavy (non-hydrogen) atoms. The van der Waals surface area contributed by atoms with E-state index < -0.39 is 0 Å². The second-order valence-corrected chi connectivity index (χ2v) is 5.96. The number of hydrogen-bond acceptors (Lipinski definition) is 4. The van der Waals surface area contributed by atoms with Gasteiger partial charge >= 0.3 is 0 Å². The molecule has 1 aliphatic rings. The van der Waals surface area contributed by atoms with Gasteiger partial charge in [0.25, 0.3) is 0 Å². The first-order valence-corrected chi connectivity index (χ1v) is 8.39. The summed E-state index contributed by atoms with van der Waals surface area (Å²) in [4.78, 5) is 16.8. The predicted octanol–water partition coefficient (Wildman–Crippen LogP) is 4.32. The topological polar surface area (TPSA) is 48.4 Å². The average molecular weight is 343 g/mol. The summed E-state index contributed by atoms with van der Waals surface area (Å²) in [7, 11) is 0. The molecule has 3 aromatic rings. The molecule has 0 aliphatic carbocycles. The quantitative estimate of drug-likeness (QED) is 0.662. The Morgan fingerprint density at radius 3 is 2.62 bits per heavy atom. The van der Waals surface area contributed by atoms with Crippen molar-refractivity contribution in [3.63, 3.8) is 0 Å². The lowest BCUT2D eigenvalue weighted by Gasteiger charge is -2.18. The number of aromatic nitrogens is 1. The summed E-state index contributed by atoms with van der Waals surface area (Å²) in [6, 6.07) is 20.7. The Bertz CT molecular complexity index is 947. The zero-order chi connectivity index (χ0) is 17.8. The molecular formula is C22H17NO3. The first-order chi connectivity index (χ1) is 12.8. The largest absolute Gasteiger partial charge is 0.488 e. The van der Waals surface area contributed by atoms with Crippen LogP contribution in [0.4, 0.5) is 0 Å². The Morgan fingerprint density at radius 2 is 1.81 bits per heavy atom. The third-order valence-corrected chi connectivity index (χ3v) is 4.14. The van der Waals surface area contributed by atoms with Crippen LogP contribution in [0.15, 0.2) is 78.5 Å². The maximum Gasteiger partial charge on any atom is 0.196 e. The molecule has 0 N–H and O–H groups in total. The number of fused-ring (bicyclic) bond motifs is 1. The van der Waals surface area contributed by atoms with Gasteiger partial charge in [-0.25, -0.2) is 0 Å². The van der Waals surface area contributed by atoms with Crippen molar-refractivity contribution in [2.45, 2.75) is 6.61 Å². The van der Waals surface area contributed by atoms with E-state index >= 15 is 0 Å². The number of carbonyl (C=O) groups excluding carboxylic acids is 1. The summed E-state index contributed by atoms with van der Waals surface area (Å²) in [5, 5.41) is 0. The maximum absolute atomic E-state index is 12.6. The van der Waals surface area contributed by atoms with Crippen molar-refractivity contribution in [1.29, 1.82) is 0 Å². The van der Waals surface area contributed by atoms with Gasteiger partial charge in [0.2, 0.25) is 0 Å². The third-order valence-electron chi connectivity index (χ3n) is 4.14. The third kappa shape index (κ3) is 3.49. The summed E-state index contributed by atoms with van der Waals surface area (Å²) in [6.45, 7) is 0.707. The first-order valence-electron chi connectivity index (χ1n) is 8.39. The van der Waals surface area contributed by atoms with Crippen molar-refractivity contribution in [2.75, 3.05) is 6.61 Å². The number of ether oxygens (including phenoxy) is 2. The van der Waals surface area contributed by atoms with Gasteiger partial charge in [0.1, 0.15) is 24.7 Å². The van der Waals surface area contributed by atoms with E-state index in [0.717, 1.165) is 17.0 Å². The van der Waals surface area contributed by atoms with Gasteiger partial charge in [-0.1, -0.05) is 30.3 Å². The standard InChI is InChI=1S/C22H17NO3/c24-22-17(14-26-21-7-2-1-6-20(21)22)13-16-8-10-19(11-9-16)25-15-18-5-3-4-12-23-18/h1-13H,14-15H2/b17-13+. The van der Waals surface area contributed by atoms with Gasteiger partial charge in [0.15, 0.2) is 5.78 Å². The minimum atomic E-state index is 0.0160. The van der Waals surface area contributed by atoms with E-state index in [1.165, 1.54) is 0 Å². The highest BCUT2D eigenvalue weighted by Gasteiger charge is 2.22. The monoisotopic (exact) mass is 343 g/mol. The average Bonchev–Trinajstić information content (AvgIpc) is 2.70. The highest BCUT2D eigenvalue weighted by molar-refractivity contribution is 6.14. The molecule has 0 radical (unpaired) electrons. The van der Waals surface area contributed by atoms with E-state index in [2.05, 4.69) is 4.98 Å². The van der Waals surface area contributed by atoms with Crippen LogP contribution in [-0.2, 0) is 6.61 Å². The molecule has 0 bridgehead atoms.